The minimum absolute atomic E-state index is 0.113. The number of methoxy groups -OCH3 is 1. The van der Waals surface area contributed by atoms with E-state index < -0.39 is 23.3 Å². The number of rotatable bonds is 4. The summed E-state index contributed by atoms with van der Waals surface area (Å²) in [6.45, 7) is 3.39. The molecule has 0 fully saturated rings. The molecule has 0 saturated carbocycles. The van der Waals surface area contributed by atoms with Crippen molar-refractivity contribution in [2.45, 2.75) is 32.0 Å². The van der Waals surface area contributed by atoms with E-state index in [1.165, 1.54) is 13.2 Å². The van der Waals surface area contributed by atoms with E-state index in [-0.39, 0.29) is 10.0 Å². The van der Waals surface area contributed by atoms with E-state index in [9.17, 15) is 13.9 Å². The Hall–Kier alpha value is -0.520. The number of ether oxygens (including phenoxy) is 1. The normalized spacial score (nSPS) is 16.6. The molecule has 5 heteroatoms. The van der Waals surface area contributed by atoms with Crippen molar-refractivity contribution in [1.82, 2.24) is 0 Å². The summed E-state index contributed by atoms with van der Waals surface area (Å²) in [4.78, 5) is 0. The van der Waals surface area contributed by atoms with Gasteiger partial charge in [0.25, 0.3) is 0 Å². The monoisotopic (exact) mass is 308 g/mol. The molecule has 0 heterocycles. The van der Waals surface area contributed by atoms with Crippen LogP contribution in [0.25, 0.3) is 0 Å². The van der Waals surface area contributed by atoms with E-state index in [0.29, 0.717) is 6.42 Å². The van der Waals surface area contributed by atoms with Crippen molar-refractivity contribution in [2.24, 2.45) is 0 Å². The maximum atomic E-state index is 13.8. The number of benzene rings is 1. The number of halogens is 3. The Bertz CT molecular complexity index is 406. The molecule has 0 radical (unpaired) electrons. The summed E-state index contributed by atoms with van der Waals surface area (Å²) >= 11 is 2.97. The fourth-order valence-electron chi connectivity index (χ4n) is 1.55. The first kappa shape index (κ1) is 14.5. The average Bonchev–Trinajstić information content (AvgIpc) is 2.33. The highest BCUT2D eigenvalue weighted by molar-refractivity contribution is 9.10. The summed E-state index contributed by atoms with van der Waals surface area (Å²) in [6.07, 6.45) is -0.939. The maximum Gasteiger partial charge on any atom is 0.146 e. The summed E-state index contributed by atoms with van der Waals surface area (Å²) in [6, 6.07) is 2.37. The Morgan fingerprint density at radius 1 is 1.47 bits per heavy atom. The molecule has 0 spiro atoms. The minimum Gasteiger partial charge on any atom is -0.385 e. The quantitative estimate of drug-likeness (QED) is 0.862. The van der Waals surface area contributed by atoms with Gasteiger partial charge in [-0.15, -0.1) is 0 Å². The standard InChI is InChI=1S/C12H15BrF2O2/c1-4-12(2,17-3)11(16)9-8(14)6-5-7(13)10(9)15/h5-6,11,16H,4H2,1-3H3. The molecule has 0 aromatic heterocycles. The number of aliphatic hydroxyl groups excluding tert-OH is 1. The summed E-state index contributed by atoms with van der Waals surface area (Å²) in [5.74, 6) is -1.58. The second-order valence-corrected chi connectivity index (χ2v) is 4.88. The molecule has 2 atom stereocenters. The van der Waals surface area contributed by atoms with Crippen LogP contribution in [0.1, 0.15) is 31.9 Å². The highest BCUT2D eigenvalue weighted by atomic mass is 79.9. The van der Waals surface area contributed by atoms with Crippen molar-refractivity contribution in [1.29, 1.82) is 0 Å². The lowest BCUT2D eigenvalue weighted by atomic mass is 9.89. The average molecular weight is 309 g/mol. The lowest BCUT2D eigenvalue weighted by molar-refractivity contribution is -0.0968. The first-order valence-corrected chi connectivity index (χ1v) is 6.03. The molecule has 2 unspecified atom stereocenters. The Morgan fingerprint density at radius 2 is 2.06 bits per heavy atom. The lowest BCUT2D eigenvalue weighted by Gasteiger charge is -2.32. The molecule has 17 heavy (non-hydrogen) atoms. The third-order valence-electron chi connectivity index (χ3n) is 3.10. The molecular weight excluding hydrogens is 294 g/mol. The van der Waals surface area contributed by atoms with E-state index >= 15 is 0 Å². The van der Waals surface area contributed by atoms with Crippen LogP contribution in [0.2, 0.25) is 0 Å². The molecule has 0 aliphatic heterocycles. The molecule has 1 aromatic carbocycles. The van der Waals surface area contributed by atoms with Gasteiger partial charge in [-0.3, -0.25) is 0 Å². The third-order valence-corrected chi connectivity index (χ3v) is 3.71. The van der Waals surface area contributed by atoms with E-state index in [0.717, 1.165) is 6.07 Å². The molecule has 0 saturated heterocycles. The first-order valence-electron chi connectivity index (χ1n) is 5.24. The Labute approximate surface area is 108 Å². The van der Waals surface area contributed by atoms with E-state index in [1.807, 2.05) is 0 Å². The van der Waals surface area contributed by atoms with Crippen LogP contribution in [-0.4, -0.2) is 17.8 Å². The number of aliphatic hydroxyl groups is 1. The zero-order valence-corrected chi connectivity index (χ0v) is 11.5. The van der Waals surface area contributed by atoms with E-state index in [4.69, 9.17) is 4.74 Å². The zero-order chi connectivity index (χ0) is 13.2. The topological polar surface area (TPSA) is 29.5 Å². The van der Waals surface area contributed by atoms with Gasteiger partial charge >= 0.3 is 0 Å². The molecule has 2 nitrogen and oxygen atoms in total. The summed E-state index contributed by atoms with van der Waals surface area (Å²) < 4.78 is 32.7. The predicted octanol–water partition coefficient (Wildman–Crippen LogP) is 3.58. The molecule has 1 rings (SSSR count). The van der Waals surface area contributed by atoms with Crippen molar-refractivity contribution in [3.63, 3.8) is 0 Å². The second kappa shape index (κ2) is 5.42. The van der Waals surface area contributed by atoms with Crippen LogP contribution in [0, 0.1) is 11.6 Å². The molecule has 0 aliphatic rings. The molecule has 0 bridgehead atoms. The van der Waals surface area contributed by atoms with Crippen LogP contribution in [-0.2, 0) is 4.74 Å². The fraction of sp³-hybridized carbons (Fsp3) is 0.500. The van der Waals surface area contributed by atoms with Gasteiger partial charge in [-0.05, 0) is 41.4 Å². The highest BCUT2D eigenvalue weighted by Crippen LogP contribution is 2.36. The highest BCUT2D eigenvalue weighted by Gasteiger charge is 2.36. The van der Waals surface area contributed by atoms with E-state index in [2.05, 4.69) is 15.9 Å². The SMILES string of the molecule is CCC(C)(OC)C(O)c1c(F)ccc(Br)c1F. The molecule has 0 amide bonds. The van der Waals surface area contributed by atoms with Crippen LogP contribution >= 0.6 is 15.9 Å². The maximum absolute atomic E-state index is 13.8. The minimum atomic E-state index is -1.37. The Morgan fingerprint density at radius 3 is 2.53 bits per heavy atom. The van der Waals surface area contributed by atoms with Crippen molar-refractivity contribution < 1.29 is 18.6 Å². The molecular formula is C12H15BrF2O2. The van der Waals surface area contributed by atoms with E-state index in [1.54, 1.807) is 13.8 Å². The number of hydrogen-bond donors (Lipinski definition) is 1. The van der Waals surface area contributed by atoms with Gasteiger partial charge in [-0.25, -0.2) is 8.78 Å². The lowest BCUT2D eigenvalue weighted by Crippen LogP contribution is -2.35. The van der Waals surface area contributed by atoms with Crippen LogP contribution in [0.5, 0.6) is 0 Å². The zero-order valence-electron chi connectivity index (χ0n) is 9.93. The van der Waals surface area contributed by atoms with Gasteiger partial charge in [0, 0.05) is 7.11 Å². The van der Waals surface area contributed by atoms with Gasteiger partial charge in [0.2, 0.25) is 0 Å². The number of hydrogen-bond acceptors (Lipinski definition) is 2. The largest absolute Gasteiger partial charge is 0.385 e. The molecule has 0 aliphatic carbocycles. The van der Waals surface area contributed by atoms with Crippen LogP contribution in [0.15, 0.2) is 16.6 Å². The van der Waals surface area contributed by atoms with Gasteiger partial charge in [-0.1, -0.05) is 6.92 Å². The molecule has 1 aromatic rings. The summed E-state index contributed by atoms with van der Waals surface area (Å²) in [7, 11) is 1.40. The van der Waals surface area contributed by atoms with Gasteiger partial charge in [0.05, 0.1) is 15.6 Å². The van der Waals surface area contributed by atoms with Crippen molar-refractivity contribution in [2.75, 3.05) is 7.11 Å². The van der Waals surface area contributed by atoms with Gasteiger partial charge < -0.3 is 9.84 Å². The molecule has 96 valence electrons. The second-order valence-electron chi connectivity index (χ2n) is 4.03. The van der Waals surface area contributed by atoms with Crippen LogP contribution < -0.4 is 0 Å². The smallest absolute Gasteiger partial charge is 0.146 e. The Balaban J connectivity index is 3.29. The van der Waals surface area contributed by atoms with Gasteiger partial charge in [0.1, 0.15) is 17.7 Å². The van der Waals surface area contributed by atoms with Crippen LogP contribution in [0.3, 0.4) is 0 Å². The fourth-order valence-corrected chi connectivity index (χ4v) is 1.89. The van der Waals surface area contributed by atoms with Crippen LogP contribution in [0.4, 0.5) is 8.78 Å². The third kappa shape index (κ3) is 2.67. The van der Waals surface area contributed by atoms with Crippen molar-refractivity contribution in [3.8, 4) is 0 Å². The van der Waals surface area contributed by atoms with Gasteiger partial charge in [-0.2, -0.15) is 0 Å². The Kier molecular flexibility index (Phi) is 4.63. The summed E-state index contributed by atoms with van der Waals surface area (Å²) in [5.41, 5.74) is -1.40. The first-order chi connectivity index (χ1) is 7.87. The van der Waals surface area contributed by atoms with Gasteiger partial charge in [0.15, 0.2) is 0 Å². The van der Waals surface area contributed by atoms with Crippen molar-refractivity contribution >= 4 is 15.9 Å². The predicted molar refractivity (Wildman–Crippen MR) is 64.7 cm³/mol. The summed E-state index contributed by atoms with van der Waals surface area (Å²) in [5, 5.41) is 10.1. The molecule has 1 N–H and O–H groups in total. The van der Waals surface area contributed by atoms with Crippen molar-refractivity contribution in [3.05, 3.63) is 33.8 Å².